The molecule has 3 amide bonds. The first-order chi connectivity index (χ1) is 16.9. The smallest absolute Gasteiger partial charge is 0.411 e. The monoisotopic (exact) mass is 473 g/mol. The van der Waals surface area contributed by atoms with E-state index < -0.39 is 18.2 Å². The van der Waals surface area contributed by atoms with Gasteiger partial charge in [-0.15, -0.1) is 0 Å². The number of hydrogen-bond donors (Lipinski definition) is 2. The molecule has 0 saturated carbocycles. The van der Waals surface area contributed by atoms with E-state index in [1.54, 1.807) is 31.4 Å². The second-order valence-electron chi connectivity index (χ2n) is 8.24. The summed E-state index contributed by atoms with van der Waals surface area (Å²) in [6.45, 7) is 1.93. The number of carbonyl (C=O) groups excluding carboxylic acids is 3. The molecule has 1 aliphatic heterocycles. The Balaban J connectivity index is 1.60. The van der Waals surface area contributed by atoms with Crippen LogP contribution in [0.25, 0.3) is 0 Å². The van der Waals surface area contributed by atoms with E-state index in [4.69, 9.17) is 9.47 Å². The van der Waals surface area contributed by atoms with E-state index in [0.717, 1.165) is 11.1 Å². The number of anilines is 1. The van der Waals surface area contributed by atoms with Gasteiger partial charge in [0.2, 0.25) is 11.8 Å². The molecule has 1 aliphatic rings. The van der Waals surface area contributed by atoms with Gasteiger partial charge in [-0.3, -0.25) is 14.5 Å². The van der Waals surface area contributed by atoms with Gasteiger partial charge in [-0.1, -0.05) is 54.6 Å². The van der Waals surface area contributed by atoms with Gasteiger partial charge in [-0.2, -0.15) is 0 Å². The minimum absolute atomic E-state index is 0.180. The van der Waals surface area contributed by atoms with Crippen molar-refractivity contribution >= 4 is 23.6 Å². The molecule has 1 heterocycles. The van der Waals surface area contributed by atoms with Crippen LogP contribution in [0.15, 0.2) is 78.9 Å². The van der Waals surface area contributed by atoms with Gasteiger partial charge < -0.3 is 20.1 Å². The average molecular weight is 474 g/mol. The Kier molecular flexibility index (Phi) is 7.30. The van der Waals surface area contributed by atoms with Crippen molar-refractivity contribution in [2.75, 3.05) is 12.4 Å². The second-order valence-corrected chi connectivity index (χ2v) is 8.24. The number of nitrogens with zero attached hydrogens (tertiary/aromatic N) is 1. The van der Waals surface area contributed by atoms with Crippen molar-refractivity contribution in [1.82, 2.24) is 10.2 Å². The maximum Gasteiger partial charge on any atom is 0.411 e. The minimum Gasteiger partial charge on any atom is -0.497 e. The fraction of sp³-hybridized carbons (Fsp3) is 0.222. The van der Waals surface area contributed by atoms with Gasteiger partial charge in [0, 0.05) is 19.2 Å². The summed E-state index contributed by atoms with van der Waals surface area (Å²) in [6.07, 6.45) is -1.39. The van der Waals surface area contributed by atoms with Gasteiger partial charge >= 0.3 is 6.09 Å². The van der Waals surface area contributed by atoms with Crippen molar-refractivity contribution in [2.24, 2.45) is 0 Å². The van der Waals surface area contributed by atoms with Crippen LogP contribution >= 0.6 is 0 Å². The largest absolute Gasteiger partial charge is 0.497 e. The lowest BCUT2D eigenvalue weighted by Crippen LogP contribution is -2.46. The summed E-state index contributed by atoms with van der Waals surface area (Å²) in [4.78, 5) is 39.1. The zero-order valence-electron chi connectivity index (χ0n) is 19.6. The first-order valence-corrected chi connectivity index (χ1v) is 11.2. The molecule has 0 bridgehead atoms. The lowest BCUT2D eigenvalue weighted by molar-refractivity contribution is -0.126. The van der Waals surface area contributed by atoms with Crippen molar-refractivity contribution < 1.29 is 23.9 Å². The summed E-state index contributed by atoms with van der Waals surface area (Å²) in [7, 11) is 1.57. The van der Waals surface area contributed by atoms with E-state index >= 15 is 0 Å². The van der Waals surface area contributed by atoms with Gasteiger partial charge in [0.15, 0.2) is 12.1 Å². The van der Waals surface area contributed by atoms with Crippen LogP contribution in [0.2, 0.25) is 0 Å². The molecule has 35 heavy (non-hydrogen) atoms. The summed E-state index contributed by atoms with van der Waals surface area (Å²) in [5, 5.41) is 5.65. The molecule has 3 aromatic carbocycles. The molecule has 180 valence electrons. The molecular formula is C27H27N3O5. The Morgan fingerprint density at radius 2 is 1.69 bits per heavy atom. The molecule has 3 aromatic rings. The number of amides is 3. The summed E-state index contributed by atoms with van der Waals surface area (Å²) in [5.74, 6) is 0.150. The second kappa shape index (κ2) is 10.7. The SMILES string of the molecule is COc1cccc(CN2C(=O)OC(c3ccc(NC(C)=O)cc3)C2C(=O)NCc2ccccc2)c1. The third kappa shape index (κ3) is 5.78. The van der Waals surface area contributed by atoms with Crippen LogP contribution in [0.1, 0.15) is 29.7 Å². The maximum atomic E-state index is 13.4. The zero-order chi connectivity index (χ0) is 24.8. The highest BCUT2D eigenvalue weighted by molar-refractivity contribution is 5.90. The van der Waals surface area contributed by atoms with Crippen LogP contribution in [0.3, 0.4) is 0 Å². The number of rotatable bonds is 8. The zero-order valence-corrected chi connectivity index (χ0v) is 19.6. The number of hydrogen-bond acceptors (Lipinski definition) is 5. The molecule has 2 atom stereocenters. The Morgan fingerprint density at radius 1 is 0.971 bits per heavy atom. The molecule has 8 nitrogen and oxygen atoms in total. The fourth-order valence-electron chi connectivity index (χ4n) is 4.03. The standard InChI is InChI=1S/C27H27N3O5/c1-18(31)29-22-13-11-21(12-14-22)25-24(26(32)28-16-19-7-4-3-5-8-19)30(27(33)35-25)17-20-9-6-10-23(15-20)34-2/h3-15,24-25H,16-17H2,1-2H3,(H,28,32)(H,29,31). The van der Waals surface area contributed by atoms with E-state index in [1.165, 1.54) is 11.8 Å². The molecule has 0 aliphatic carbocycles. The maximum absolute atomic E-state index is 13.4. The van der Waals surface area contributed by atoms with Crippen LogP contribution in [0.5, 0.6) is 5.75 Å². The van der Waals surface area contributed by atoms with E-state index in [0.29, 0.717) is 23.5 Å². The van der Waals surface area contributed by atoms with Gasteiger partial charge in [-0.25, -0.2) is 4.79 Å². The number of methoxy groups -OCH3 is 1. The molecule has 1 saturated heterocycles. The van der Waals surface area contributed by atoms with Gasteiger partial charge in [0.05, 0.1) is 13.7 Å². The van der Waals surface area contributed by atoms with E-state index in [1.807, 2.05) is 54.6 Å². The van der Waals surface area contributed by atoms with Crippen LogP contribution in [0.4, 0.5) is 10.5 Å². The summed E-state index contributed by atoms with van der Waals surface area (Å²) >= 11 is 0. The quantitative estimate of drug-likeness (QED) is 0.515. The van der Waals surface area contributed by atoms with Crippen molar-refractivity contribution in [3.63, 3.8) is 0 Å². The predicted octanol–water partition coefficient (Wildman–Crippen LogP) is 4.03. The van der Waals surface area contributed by atoms with Crippen molar-refractivity contribution in [3.05, 3.63) is 95.6 Å². The summed E-state index contributed by atoms with van der Waals surface area (Å²) in [6, 6.07) is 22.9. The average Bonchev–Trinajstić information content (AvgIpc) is 3.19. The lowest BCUT2D eigenvalue weighted by Gasteiger charge is -2.24. The Morgan fingerprint density at radius 3 is 2.37 bits per heavy atom. The molecule has 1 fully saturated rings. The molecule has 2 N–H and O–H groups in total. The van der Waals surface area contributed by atoms with Gasteiger partial charge in [0.1, 0.15) is 5.75 Å². The molecule has 2 unspecified atom stereocenters. The third-order valence-corrected chi connectivity index (χ3v) is 5.71. The Labute approximate surface area is 203 Å². The molecule has 0 spiro atoms. The topological polar surface area (TPSA) is 97.0 Å². The van der Waals surface area contributed by atoms with Crippen LogP contribution in [0, 0.1) is 0 Å². The number of nitrogens with one attached hydrogen (secondary N) is 2. The normalized spacial score (nSPS) is 17.0. The van der Waals surface area contributed by atoms with Crippen LogP contribution < -0.4 is 15.4 Å². The summed E-state index contributed by atoms with van der Waals surface area (Å²) < 4.78 is 11.0. The third-order valence-electron chi connectivity index (χ3n) is 5.71. The Hall–Kier alpha value is -4.33. The highest BCUT2D eigenvalue weighted by atomic mass is 16.6. The fourth-order valence-corrected chi connectivity index (χ4v) is 4.03. The number of cyclic esters (lactones) is 1. The molecular weight excluding hydrogens is 446 g/mol. The van der Waals surface area contributed by atoms with E-state index in [2.05, 4.69) is 10.6 Å². The first kappa shape index (κ1) is 23.8. The highest BCUT2D eigenvalue weighted by Gasteiger charge is 2.46. The predicted molar refractivity (Wildman–Crippen MR) is 131 cm³/mol. The molecule has 0 radical (unpaired) electrons. The molecule has 0 aromatic heterocycles. The van der Waals surface area contributed by atoms with Crippen molar-refractivity contribution in [1.29, 1.82) is 0 Å². The number of ether oxygens (including phenoxy) is 2. The van der Waals surface area contributed by atoms with Gasteiger partial charge in [0.25, 0.3) is 0 Å². The van der Waals surface area contributed by atoms with E-state index in [9.17, 15) is 14.4 Å². The first-order valence-electron chi connectivity index (χ1n) is 11.2. The molecule has 4 rings (SSSR count). The van der Waals surface area contributed by atoms with Crippen molar-refractivity contribution in [2.45, 2.75) is 32.2 Å². The van der Waals surface area contributed by atoms with E-state index in [-0.39, 0.29) is 18.4 Å². The number of carbonyl (C=O) groups is 3. The van der Waals surface area contributed by atoms with Crippen LogP contribution in [-0.2, 0) is 27.4 Å². The van der Waals surface area contributed by atoms with Crippen LogP contribution in [-0.4, -0.2) is 36.0 Å². The number of benzene rings is 3. The summed E-state index contributed by atoms with van der Waals surface area (Å²) in [5.41, 5.74) is 3.02. The van der Waals surface area contributed by atoms with Gasteiger partial charge in [-0.05, 0) is 41.0 Å². The minimum atomic E-state index is -0.885. The Bertz CT molecular complexity index is 1200. The highest BCUT2D eigenvalue weighted by Crippen LogP contribution is 2.35. The van der Waals surface area contributed by atoms with Crippen molar-refractivity contribution in [3.8, 4) is 5.75 Å². The lowest BCUT2D eigenvalue weighted by atomic mass is 10.00. The molecule has 8 heteroatoms.